The van der Waals surface area contributed by atoms with Gasteiger partial charge in [0.1, 0.15) is 12.4 Å². The van der Waals surface area contributed by atoms with Gasteiger partial charge in [-0.05, 0) is 72.3 Å². The summed E-state index contributed by atoms with van der Waals surface area (Å²) in [5, 5.41) is 1.86. The summed E-state index contributed by atoms with van der Waals surface area (Å²) in [6.07, 6.45) is 4.30. The molecule has 2 aliphatic heterocycles. The third kappa shape index (κ3) is 4.48. The predicted molar refractivity (Wildman–Crippen MR) is 135 cm³/mol. The molecule has 2 fully saturated rings. The average molecular weight is 459 g/mol. The number of hydrogen-bond donors (Lipinski definition) is 0. The Labute approximate surface area is 198 Å². The number of ether oxygens (including phenoxy) is 1. The summed E-state index contributed by atoms with van der Waals surface area (Å²) in [5.74, 6) is 0.499. The minimum absolute atomic E-state index is 0.220. The van der Waals surface area contributed by atoms with Crippen LogP contribution in [0.4, 0.5) is 10.5 Å². The van der Waals surface area contributed by atoms with Gasteiger partial charge in [-0.3, -0.25) is 14.5 Å². The number of nitrogens with zero attached hydrogens (tertiary/aromatic N) is 2. The van der Waals surface area contributed by atoms with E-state index >= 15 is 0 Å². The first-order valence-corrected chi connectivity index (χ1v) is 12.1. The molecule has 0 aliphatic carbocycles. The van der Waals surface area contributed by atoms with Crippen LogP contribution in [0.1, 0.15) is 24.0 Å². The van der Waals surface area contributed by atoms with Crippen molar-refractivity contribution < 1.29 is 14.3 Å². The van der Waals surface area contributed by atoms with Crippen molar-refractivity contribution in [2.24, 2.45) is 0 Å². The number of anilines is 1. The highest BCUT2D eigenvalue weighted by Gasteiger charge is 2.35. The van der Waals surface area contributed by atoms with Gasteiger partial charge in [0.15, 0.2) is 0 Å². The van der Waals surface area contributed by atoms with Crippen LogP contribution >= 0.6 is 11.8 Å². The van der Waals surface area contributed by atoms with E-state index in [-0.39, 0.29) is 24.3 Å². The molecule has 0 saturated carbocycles. The lowest BCUT2D eigenvalue weighted by molar-refractivity contribution is -0.123. The highest BCUT2D eigenvalue weighted by Crippen LogP contribution is 2.33. The molecule has 5 rings (SSSR count). The molecule has 2 amide bonds. The number of fused-ring (bicyclic) bond motifs is 1. The van der Waals surface area contributed by atoms with Gasteiger partial charge < -0.3 is 9.64 Å². The Balaban J connectivity index is 1.25. The zero-order valence-corrected chi connectivity index (χ0v) is 19.4. The average Bonchev–Trinajstić information content (AvgIpc) is 3.45. The van der Waals surface area contributed by atoms with Crippen molar-refractivity contribution in [2.75, 3.05) is 31.1 Å². The van der Waals surface area contributed by atoms with Crippen LogP contribution in [0.25, 0.3) is 16.8 Å². The monoisotopic (exact) mass is 458 g/mol. The van der Waals surface area contributed by atoms with Crippen molar-refractivity contribution in [3.05, 3.63) is 76.7 Å². The third-order valence-electron chi connectivity index (χ3n) is 6.21. The number of amides is 2. The number of carbonyl (C=O) groups excluding carboxylic acids is 2. The second kappa shape index (κ2) is 9.32. The molecule has 5 nitrogen and oxygen atoms in total. The van der Waals surface area contributed by atoms with Crippen LogP contribution in [-0.2, 0) is 4.79 Å². The minimum Gasteiger partial charge on any atom is -0.491 e. The molecule has 0 radical (unpaired) electrons. The Hall–Kier alpha value is -3.25. The number of benzene rings is 3. The maximum atomic E-state index is 12.9. The predicted octanol–water partition coefficient (Wildman–Crippen LogP) is 5.86. The van der Waals surface area contributed by atoms with Crippen molar-refractivity contribution in [3.63, 3.8) is 0 Å². The maximum absolute atomic E-state index is 12.9. The summed E-state index contributed by atoms with van der Waals surface area (Å²) < 4.78 is 5.93. The van der Waals surface area contributed by atoms with Crippen molar-refractivity contribution in [1.82, 2.24) is 4.90 Å². The molecule has 2 heterocycles. The molecule has 6 heteroatoms. The summed E-state index contributed by atoms with van der Waals surface area (Å²) in [4.78, 5) is 29.6. The van der Waals surface area contributed by atoms with Gasteiger partial charge in [0.05, 0.1) is 11.4 Å². The molecule has 2 aliphatic rings. The number of imide groups is 1. The van der Waals surface area contributed by atoms with Gasteiger partial charge in [-0.25, -0.2) is 0 Å². The summed E-state index contributed by atoms with van der Waals surface area (Å²) in [7, 11) is 0. The van der Waals surface area contributed by atoms with Crippen LogP contribution in [-0.4, -0.2) is 42.3 Å². The van der Waals surface area contributed by atoms with Crippen LogP contribution in [0.2, 0.25) is 0 Å². The number of thioether (sulfide) groups is 1. The first-order chi connectivity index (χ1) is 16.1. The lowest BCUT2D eigenvalue weighted by Crippen LogP contribution is -2.32. The van der Waals surface area contributed by atoms with Gasteiger partial charge in [-0.2, -0.15) is 0 Å². The molecule has 0 N–H and O–H groups in total. The van der Waals surface area contributed by atoms with Crippen LogP contribution in [0, 0.1) is 6.92 Å². The Morgan fingerprint density at radius 1 is 1.00 bits per heavy atom. The summed E-state index contributed by atoms with van der Waals surface area (Å²) in [5.41, 5.74) is 3.29. The molecule has 0 aromatic heterocycles. The number of carbonyl (C=O) groups is 2. The molecule has 2 saturated heterocycles. The van der Waals surface area contributed by atoms with E-state index in [1.807, 2.05) is 61.5 Å². The topological polar surface area (TPSA) is 49.9 Å². The largest absolute Gasteiger partial charge is 0.491 e. The standard InChI is InChI=1S/C27H26N2O3S/c1-19-17-22(28-13-4-5-14-28)12-11-21(19)18-25-26(30)29(27(31)33-25)15-16-32-24-10-6-8-20-7-2-3-9-23(20)24/h2-3,6-12,17-18H,4-5,13-16H2,1H3/b25-18-. The van der Waals surface area contributed by atoms with E-state index in [1.165, 1.54) is 23.4 Å². The fraction of sp³-hybridized carbons (Fsp3) is 0.259. The summed E-state index contributed by atoms with van der Waals surface area (Å²) >= 11 is 0.996. The van der Waals surface area contributed by atoms with Gasteiger partial charge in [0, 0.05) is 24.2 Å². The first kappa shape index (κ1) is 21.6. The van der Waals surface area contributed by atoms with Crippen LogP contribution in [0.5, 0.6) is 5.75 Å². The molecular weight excluding hydrogens is 432 g/mol. The fourth-order valence-corrected chi connectivity index (χ4v) is 5.25. The van der Waals surface area contributed by atoms with Crippen LogP contribution < -0.4 is 9.64 Å². The number of aryl methyl sites for hydroxylation is 1. The van der Waals surface area contributed by atoms with Gasteiger partial charge in [0.2, 0.25) is 0 Å². The zero-order valence-electron chi connectivity index (χ0n) is 18.6. The quantitative estimate of drug-likeness (QED) is 0.433. The molecule has 0 spiro atoms. The van der Waals surface area contributed by atoms with Crippen molar-refractivity contribution in [2.45, 2.75) is 19.8 Å². The Morgan fingerprint density at radius 2 is 1.79 bits per heavy atom. The summed E-state index contributed by atoms with van der Waals surface area (Å²) in [6.45, 7) is 4.71. The lowest BCUT2D eigenvalue weighted by atomic mass is 10.1. The molecule has 3 aromatic rings. The van der Waals surface area contributed by atoms with Crippen molar-refractivity contribution in [3.8, 4) is 5.75 Å². The highest BCUT2D eigenvalue weighted by atomic mass is 32.2. The van der Waals surface area contributed by atoms with Gasteiger partial charge >= 0.3 is 0 Å². The van der Waals surface area contributed by atoms with E-state index in [9.17, 15) is 9.59 Å². The number of hydrogen-bond acceptors (Lipinski definition) is 5. The van der Waals surface area contributed by atoms with E-state index in [4.69, 9.17) is 4.74 Å². The van der Waals surface area contributed by atoms with E-state index in [1.54, 1.807) is 0 Å². The molecule has 33 heavy (non-hydrogen) atoms. The first-order valence-electron chi connectivity index (χ1n) is 11.3. The second-order valence-corrected chi connectivity index (χ2v) is 9.39. The van der Waals surface area contributed by atoms with E-state index < -0.39 is 0 Å². The fourth-order valence-electron chi connectivity index (χ4n) is 4.40. The molecule has 0 unspecified atom stereocenters. The Morgan fingerprint density at radius 3 is 2.61 bits per heavy atom. The SMILES string of the molecule is Cc1cc(N2CCCC2)ccc1/C=C1\SC(=O)N(CCOc2cccc3ccccc23)C1=O. The van der Waals surface area contributed by atoms with Crippen molar-refractivity contribution in [1.29, 1.82) is 0 Å². The molecular formula is C27H26N2O3S. The molecule has 168 valence electrons. The van der Waals surface area contributed by atoms with Crippen molar-refractivity contribution >= 4 is 45.4 Å². The van der Waals surface area contributed by atoms with Gasteiger partial charge in [-0.1, -0.05) is 42.5 Å². The zero-order chi connectivity index (χ0) is 22.8. The van der Waals surface area contributed by atoms with Crippen LogP contribution in [0.15, 0.2) is 65.6 Å². The van der Waals surface area contributed by atoms with E-state index in [2.05, 4.69) is 17.0 Å². The third-order valence-corrected chi connectivity index (χ3v) is 7.11. The molecule has 3 aromatic carbocycles. The van der Waals surface area contributed by atoms with E-state index in [0.717, 1.165) is 52.5 Å². The van der Waals surface area contributed by atoms with E-state index in [0.29, 0.717) is 4.91 Å². The molecule has 0 atom stereocenters. The Bertz CT molecular complexity index is 1240. The van der Waals surface area contributed by atoms with Crippen LogP contribution in [0.3, 0.4) is 0 Å². The Kier molecular flexibility index (Phi) is 6.09. The lowest BCUT2D eigenvalue weighted by Gasteiger charge is -2.18. The second-order valence-electron chi connectivity index (χ2n) is 8.39. The minimum atomic E-state index is -0.255. The molecule has 0 bridgehead atoms. The highest BCUT2D eigenvalue weighted by molar-refractivity contribution is 8.18. The smallest absolute Gasteiger partial charge is 0.293 e. The number of rotatable bonds is 6. The summed E-state index contributed by atoms with van der Waals surface area (Å²) in [6, 6.07) is 20.2. The maximum Gasteiger partial charge on any atom is 0.293 e. The van der Waals surface area contributed by atoms with Gasteiger partial charge in [0.25, 0.3) is 11.1 Å². The normalized spacial score (nSPS) is 17.5. The van der Waals surface area contributed by atoms with Gasteiger partial charge in [-0.15, -0.1) is 0 Å².